The largest absolute Gasteiger partial charge is 0.493 e. The molecule has 27 heavy (non-hydrogen) atoms. The predicted molar refractivity (Wildman–Crippen MR) is 104 cm³/mol. The summed E-state index contributed by atoms with van der Waals surface area (Å²) in [4.78, 5) is 25.5. The number of allylic oxidation sites excluding steroid dienone is 2. The minimum absolute atomic E-state index is 0.161. The van der Waals surface area contributed by atoms with E-state index >= 15 is 0 Å². The van der Waals surface area contributed by atoms with Crippen LogP contribution in [0.2, 0.25) is 0 Å². The highest BCUT2D eigenvalue weighted by Crippen LogP contribution is 2.52. The first-order valence-corrected chi connectivity index (χ1v) is 9.55. The van der Waals surface area contributed by atoms with Crippen LogP contribution in [0.5, 0.6) is 11.5 Å². The van der Waals surface area contributed by atoms with Crippen LogP contribution in [0.3, 0.4) is 0 Å². The Labute approximate surface area is 165 Å². The Balaban J connectivity index is 1.63. The quantitative estimate of drug-likeness (QED) is 0.394. The van der Waals surface area contributed by atoms with Crippen LogP contribution in [-0.4, -0.2) is 36.8 Å². The molecule has 0 radical (unpaired) electrons. The molecule has 1 saturated carbocycles. The van der Waals surface area contributed by atoms with E-state index in [4.69, 9.17) is 9.47 Å². The number of methoxy groups -OCH3 is 1. The molecular weight excluding hydrogens is 412 g/mol. The molecule has 4 rings (SSSR count). The van der Waals surface area contributed by atoms with E-state index in [1.54, 1.807) is 25.3 Å². The van der Waals surface area contributed by atoms with Gasteiger partial charge in [-0.2, -0.15) is 10.1 Å². The van der Waals surface area contributed by atoms with Gasteiger partial charge in [0.1, 0.15) is 6.61 Å². The van der Waals surface area contributed by atoms with E-state index in [1.165, 1.54) is 6.21 Å². The van der Waals surface area contributed by atoms with Gasteiger partial charge in [0.15, 0.2) is 11.5 Å². The summed E-state index contributed by atoms with van der Waals surface area (Å²) in [5, 5.41) is 5.24. The van der Waals surface area contributed by atoms with Gasteiger partial charge in [0, 0.05) is 10.0 Å². The average Bonchev–Trinajstić information content (AvgIpc) is 3.33. The summed E-state index contributed by atoms with van der Waals surface area (Å²) >= 11 is 3.42. The smallest absolute Gasteiger partial charge is 0.254 e. The summed E-state index contributed by atoms with van der Waals surface area (Å²) in [5.41, 5.74) is 0.599. The number of ether oxygens (including phenoxy) is 2. The van der Waals surface area contributed by atoms with E-state index in [0.717, 1.165) is 15.9 Å². The van der Waals surface area contributed by atoms with Crippen LogP contribution < -0.4 is 9.47 Å². The SMILES string of the molecule is C=CCOc1c(C=NN2C(=O)C3C4C=CC(C4)C3C2=O)cc(Br)cc1OC. The van der Waals surface area contributed by atoms with E-state index in [-0.39, 0.29) is 35.5 Å². The Bertz CT molecular complexity index is 849. The van der Waals surface area contributed by atoms with Crippen LogP contribution in [0.1, 0.15) is 12.0 Å². The van der Waals surface area contributed by atoms with Gasteiger partial charge >= 0.3 is 0 Å². The average molecular weight is 431 g/mol. The molecule has 1 aromatic rings. The van der Waals surface area contributed by atoms with Crippen LogP contribution >= 0.6 is 15.9 Å². The molecule has 2 bridgehead atoms. The molecule has 4 atom stereocenters. The normalized spacial score (nSPS) is 28.3. The fourth-order valence-corrected chi connectivity index (χ4v) is 4.71. The first-order valence-electron chi connectivity index (χ1n) is 8.76. The number of nitrogens with zero attached hydrogens (tertiary/aromatic N) is 2. The molecular formula is C20H19BrN2O4. The number of carbonyl (C=O) groups excluding carboxylic acids is 2. The van der Waals surface area contributed by atoms with Crippen LogP contribution in [0.4, 0.5) is 0 Å². The molecule has 2 aliphatic carbocycles. The van der Waals surface area contributed by atoms with E-state index < -0.39 is 0 Å². The number of amides is 2. The van der Waals surface area contributed by atoms with E-state index in [1.807, 2.05) is 0 Å². The molecule has 1 aliphatic heterocycles. The van der Waals surface area contributed by atoms with Crippen molar-refractivity contribution in [2.24, 2.45) is 28.8 Å². The number of hydrazone groups is 1. The lowest BCUT2D eigenvalue weighted by Gasteiger charge is -2.14. The number of hydrogen-bond donors (Lipinski definition) is 0. The molecule has 140 valence electrons. The molecule has 7 heteroatoms. The molecule has 4 unspecified atom stereocenters. The third-order valence-corrected chi connectivity index (χ3v) is 5.83. The van der Waals surface area contributed by atoms with E-state index in [2.05, 4.69) is 39.8 Å². The third-order valence-electron chi connectivity index (χ3n) is 5.37. The Morgan fingerprint density at radius 1 is 1.26 bits per heavy atom. The fourth-order valence-electron chi connectivity index (χ4n) is 4.25. The van der Waals surface area contributed by atoms with Crippen LogP contribution in [0, 0.1) is 23.7 Å². The molecule has 1 aromatic carbocycles. The highest BCUT2D eigenvalue weighted by Gasteiger charge is 2.59. The van der Waals surface area contributed by atoms with Gasteiger partial charge in [0.05, 0.1) is 25.2 Å². The van der Waals surface area contributed by atoms with Crippen molar-refractivity contribution in [3.8, 4) is 11.5 Å². The van der Waals surface area contributed by atoms with Crippen molar-refractivity contribution in [2.45, 2.75) is 6.42 Å². The van der Waals surface area contributed by atoms with Crippen LogP contribution in [0.25, 0.3) is 0 Å². The van der Waals surface area contributed by atoms with Crippen molar-refractivity contribution in [1.82, 2.24) is 5.01 Å². The summed E-state index contributed by atoms with van der Waals surface area (Å²) in [5.74, 6) is 0.359. The van der Waals surface area contributed by atoms with Gasteiger partial charge in [0.25, 0.3) is 11.8 Å². The molecule has 2 fully saturated rings. The lowest BCUT2D eigenvalue weighted by Crippen LogP contribution is -2.28. The lowest BCUT2D eigenvalue weighted by atomic mass is 9.85. The maximum atomic E-state index is 12.7. The van der Waals surface area contributed by atoms with Crippen LogP contribution in [0.15, 0.2) is 46.5 Å². The zero-order valence-corrected chi connectivity index (χ0v) is 16.4. The van der Waals surface area contributed by atoms with Gasteiger partial charge in [-0.05, 0) is 30.4 Å². The molecule has 2 amide bonds. The standard InChI is InChI=1S/C20H19BrN2O4/c1-3-6-27-18-13(8-14(21)9-15(18)26-2)10-22-23-19(24)16-11-4-5-12(7-11)17(16)20(23)25/h3-5,8-12,16-17H,1,6-7H2,2H3. The van der Waals surface area contributed by atoms with Gasteiger partial charge in [-0.1, -0.05) is 40.7 Å². The Kier molecular flexibility index (Phi) is 4.63. The zero-order chi connectivity index (χ0) is 19.1. The number of rotatable bonds is 6. The monoisotopic (exact) mass is 430 g/mol. The molecule has 3 aliphatic rings. The first kappa shape index (κ1) is 18.0. The number of halogens is 1. The van der Waals surface area contributed by atoms with Crippen molar-refractivity contribution >= 4 is 34.0 Å². The van der Waals surface area contributed by atoms with Crippen molar-refractivity contribution in [1.29, 1.82) is 0 Å². The Morgan fingerprint density at radius 3 is 2.52 bits per heavy atom. The Morgan fingerprint density at radius 2 is 1.93 bits per heavy atom. The topological polar surface area (TPSA) is 68.2 Å². The van der Waals surface area contributed by atoms with Gasteiger partial charge in [-0.15, -0.1) is 0 Å². The second-order valence-electron chi connectivity index (χ2n) is 6.86. The van der Waals surface area contributed by atoms with Crippen LogP contribution in [-0.2, 0) is 9.59 Å². The Hall–Kier alpha value is -2.41. The second kappa shape index (κ2) is 6.96. The third kappa shape index (κ3) is 2.90. The van der Waals surface area contributed by atoms with Gasteiger partial charge in [-0.25, -0.2) is 0 Å². The zero-order valence-electron chi connectivity index (χ0n) is 14.8. The summed E-state index contributed by atoms with van der Waals surface area (Å²) in [6.45, 7) is 3.94. The fraction of sp³-hybridized carbons (Fsp3) is 0.350. The molecule has 0 spiro atoms. The number of fused-ring (bicyclic) bond motifs is 5. The summed E-state index contributed by atoms with van der Waals surface area (Å²) in [7, 11) is 1.54. The number of benzene rings is 1. The molecule has 0 N–H and O–H groups in total. The highest BCUT2D eigenvalue weighted by molar-refractivity contribution is 9.10. The van der Waals surface area contributed by atoms with Gasteiger partial charge in [0.2, 0.25) is 0 Å². The highest BCUT2D eigenvalue weighted by atomic mass is 79.9. The molecule has 1 heterocycles. The van der Waals surface area contributed by atoms with E-state index in [0.29, 0.717) is 23.7 Å². The maximum Gasteiger partial charge on any atom is 0.254 e. The number of imide groups is 1. The molecule has 0 aromatic heterocycles. The van der Waals surface area contributed by atoms with Gasteiger partial charge in [-0.3, -0.25) is 9.59 Å². The van der Waals surface area contributed by atoms with Crippen molar-refractivity contribution in [3.05, 3.63) is 47.0 Å². The summed E-state index contributed by atoms with van der Waals surface area (Å²) < 4.78 is 11.8. The number of carbonyl (C=O) groups is 2. The molecule has 6 nitrogen and oxygen atoms in total. The lowest BCUT2D eigenvalue weighted by molar-refractivity contribution is -0.140. The summed E-state index contributed by atoms with van der Waals surface area (Å²) in [6, 6.07) is 3.57. The summed E-state index contributed by atoms with van der Waals surface area (Å²) in [6.07, 6.45) is 8.11. The van der Waals surface area contributed by atoms with Crippen molar-refractivity contribution in [2.75, 3.05) is 13.7 Å². The second-order valence-corrected chi connectivity index (χ2v) is 7.77. The minimum atomic E-state index is -0.266. The predicted octanol–water partition coefficient (Wildman–Crippen LogP) is 3.16. The first-order chi connectivity index (χ1) is 13.0. The van der Waals surface area contributed by atoms with Crippen molar-refractivity contribution in [3.63, 3.8) is 0 Å². The number of hydrogen-bond acceptors (Lipinski definition) is 5. The van der Waals surface area contributed by atoms with Crippen molar-refractivity contribution < 1.29 is 19.1 Å². The molecule has 1 saturated heterocycles. The van der Waals surface area contributed by atoms with Gasteiger partial charge < -0.3 is 9.47 Å². The maximum absolute atomic E-state index is 12.7. The minimum Gasteiger partial charge on any atom is -0.493 e. The van der Waals surface area contributed by atoms with E-state index in [9.17, 15) is 9.59 Å².